The van der Waals surface area contributed by atoms with Crippen molar-refractivity contribution in [2.45, 2.75) is 18.7 Å². The van der Waals surface area contributed by atoms with Crippen LogP contribution in [0.25, 0.3) is 0 Å². The molecule has 144 valence electrons. The Morgan fingerprint density at radius 3 is 2.48 bits per heavy atom. The molecule has 0 atom stereocenters. The van der Waals surface area contributed by atoms with Crippen LogP contribution in [0.15, 0.2) is 41.3 Å². The minimum Gasteiger partial charge on any atom is -0.423 e. The van der Waals surface area contributed by atoms with Gasteiger partial charge in [-0.1, -0.05) is 29.3 Å². The molecule has 0 aliphatic carbocycles. The van der Waals surface area contributed by atoms with Crippen molar-refractivity contribution in [3.05, 3.63) is 58.1 Å². The Balaban J connectivity index is 1.89. The fraction of sp³-hybridized carbons (Fsp3) is 0.316. The molecular formula is C19H20ClNO5S. The normalized spacial score (nSPS) is 15.5. The topological polar surface area (TPSA) is 72.9 Å². The first-order chi connectivity index (χ1) is 12.8. The van der Waals surface area contributed by atoms with Crippen LogP contribution in [-0.4, -0.2) is 45.0 Å². The van der Waals surface area contributed by atoms with Crippen molar-refractivity contribution in [3.63, 3.8) is 0 Å². The monoisotopic (exact) mass is 409 g/mol. The summed E-state index contributed by atoms with van der Waals surface area (Å²) in [5, 5.41) is 0.0598. The van der Waals surface area contributed by atoms with Gasteiger partial charge < -0.3 is 9.47 Å². The Kier molecular flexibility index (Phi) is 5.86. The van der Waals surface area contributed by atoms with Crippen LogP contribution in [0.3, 0.4) is 0 Å². The number of esters is 1. The van der Waals surface area contributed by atoms with Gasteiger partial charge in [0.15, 0.2) is 0 Å². The molecule has 3 rings (SSSR count). The summed E-state index contributed by atoms with van der Waals surface area (Å²) >= 11 is 6.12. The van der Waals surface area contributed by atoms with E-state index in [9.17, 15) is 13.2 Å². The van der Waals surface area contributed by atoms with E-state index in [-0.39, 0.29) is 28.6 Å². The summed E-state index contributed by atoms with van der Waals surface area (Å²) in [5.41, 5.74) is 1.99. The van der Waals surface area contributed by atoms with Crippen LogP contribution in [0.5, 0.6) is 5.75 Å². The molecule has 1 heterocycles. The number of nitrogens with zero attached hydrogens (tertiary/aromatic N) is 1. The molecule has 0 N–H and O–H groups in total. The second-order valence-corrected chi connectivity index (χ2v) is 8.63. The lowest BCUT2D eigenvalue weighted by atomic mass is 10.1. The highest BCUT2D eigenvalue weighted by Gasteiger charge is 2.29. The van der Waals surface area contributed by atoms with Gasteiger partial charge in [-0.3, -0.25) is 0 Å². The summed E-state index contributed by atoms with van der Waals surface area (Å²) in [6, 6.07) is 9.56. The van der Waals surface area contributed by atoms with Gasteiger partial charge in [0.25, 0.3) is 0 Å². The smallest absolute Gasteiger partial charge is 0.343 e. The van der Waals surface area contributed by atoms with Crippen LogP contribution < -0.4 is 4.74 Å². The number of rotatable bonds is 4. The molecule has 0 amide bonds. The summed E-state index contributed by atoms with van der Waals surface area (Å²) in [5.74, 6) is -0.213. The van der Waals surface area contributed by atoms with Gasteiger partial charge in [0.1, 0.15) is 10.6 Å². The van der Waals surface area contributed by atoms with E-state index in [2.05, 4.69) is 0 Å². The van der Waals surface area contributed by atoms with Gasteiger partial charge in [0, 0.05) is 13.1 Å². The summed E-state index contributed by atoms with van der Waals surface area (Å²) in [6.07, 6.45) is 0. The average molecular weight is 410 g/mol. The van der Waals surface area contributed by atoms with Crippen LogP contribution in [0.4, 0.5) is 0 Å². The number of ether oxygens (including phenoxy) is 2. The lowest BCUT2D eigenvalue weighted by Crippen LogP contribution is -2.40. The third-order valence-corrected chi connectivity index (χ3v) is 6.67. The molecular weight excluding hydrogens is 390 g/mol. The first-order valence-corrected chi connectivity index (χ1v) is 10.3. The van der Waals surface area contributed by atoms with Gasteiger partial charge in [-0.05, 0) is 43.7 Å². The molecule has 0 bridgehead atoms. The second kappa shape index (κ2) is 7.98. The first kappa shape index (κ1) is 19.8. The second-order valence-electron chi connectivity index (χ2n) is 6.32. The Bertz CT molecular complexity index is 968. The predicted molar refractivity (Wildman–Crippen MR) is 102 cm³/mol. The quantitative estimate of drug-likeness (QED) is 0.572. The molecule has 1 saturated heterocycles. The van der Waals surface area contributed by atoms with Crippen molar-refractivity contribution >= 4 is 27.6 Å². The zero-order chi connectivity index (χ0) is 19.6. The minimum atomic E-state index is -3.82. The maximum Gasteiger partial charge on any atom is 0.343 e. The highest BCUT2D eigenvalue weighted by Crippen LogP contribution is 2.27. The number of hydrogen-bond acceptors (Lipinski definition) is 5. The zero-order valence-electron chi connectivity index (χ0n) is 15.1. The molecule has 2 aromatic carbocycles. The van der Waals surface area contributed by atoms with Gasteiger partial charge in [-0.2, -0.15) is 4.31 Å². The van der Waals surface area contributed by atoms with Crippen LogP contribution in [-0.2, 0) is 14.8 Å². The number of hydrogen-bond donors (Lipinski definition) is 0. The molecule has 2 aromatic rings. The van der Waals surface area contributed by atoms with Crippen molar-refractivity contribution in [3.8, 4) is 5.75 Å². The van der Waals surface area contributed by atoms with Crippen molar-refractivity contribution in [2.24, 2.45) is 0 Å². The molecule has 1 aliphatic rings. The van der Waals surface area contributed by atoms with E-state index in [0.717, 1.165) is 11.1 Å². The summed E-state index contributed by atoms with van der Waals surface area (Å²) in [6.45, 7) is 4.93. The van der Waals surface area contributed by atoms with Crippen LogP contribution in [0.2, 0.25) is 5.02 Å². The van der Waals surface area contributed by atoms with Crippen molar-refractivity contribution in [1.82, 2.24) is 4.31 Å². The van der Waals surface area contributed by atoms with E-state index >= 15 is 0 Å². The molecule has 0 unspecified atom stereocenters. The molecule has 27 heavy (non-hydrogen) atoms. The highest BCUT2D eigenvalue weighted by molar-refractivity contribution is 7.89. The summed E-state index contributed by atoms with van der Waals surface area (Å²) < 4.78 is 37.7. The fourth-order valence-electron chi connectivity index (χ4n) is 2.83. The number of sulfonamides is 1. The third kappa shape index (κ3) is 4.32. The first-order valence-electron chi connectivity index (χ1n) is 8.46. The van der Waals surface area contributed by atoms with Gasteiger partial charge in [-0.25, -0.2) is 13.2 Å². The molecule has 0 radical (unpaired) electrons. The summed E-state index contributed by atoms with van der Waals surface area (Å²) in [4.78, 5) is 12.4. The van der Waals surface area contributed by atoms with Crippen LogP contribution in [0, 0.1) is 13.8 Å². The predicted octanol–water partition coefficient (Wildman–Crippen LogP) is 3.20. The Morgan fingerprint density at radius 1 is 1.11 bits per heavy atom. The van der Waals surface area contributed by atoms with Gasteiger partial charge >= 0.3 is 5.97 Å². The zero-order valence-corrected chi connectivity index (χ0v) is 16.6. The maximum atomic E-state index is 12.9. The summed E-state index contributed by atoms with van der Waals surface area (Å²) in [7, 11) is -3.82. The van der Waals surface area contributed by atoms with Crippen molar-refractivity contribution in [1.29, 1.82) is 0 Å². The Hall–Kier alpha value is -1.93. The van der Waals surface area contributed by atoms with Crippen molar-refractivity contribution < 1.29 is 22.7 Å². The molecule has 6 nitrogen and oxygen atoms in total. The van der Waals surface area contributed by atoms with Crippen molar-refractivity contribution in [2.75, 3.05) is 26.3 Å². The number of aryl methyl sites for hydroxylation is 2. The van der Waals surface area contributed by atoms with E-state index in [1.54, 1.807) is 6.07 Å². The average Bonchev–Trinajstić information content (AvgIpc) is 2.65. The Morgan fingerprint density at radius 2 is 1.81 bits per heavy atom. The van der Waals surface area contributed by atoms with Crippen LogP contribution >= 0.6 is 11.6 Å². The molecule has 1 fully saturated rings. The van der Waals surface area contributed by atoms with E-state index in [4.69, 9.17) is 21.1 Å². The van der Waals surface area contributed by atoms with Gasteiger partial charge in [0.2, 0.25) is 10.0 Å². The number of halogens is 1. The third-order valence-electron chi connectivity index (χ3n) is 4.29. The van der Waals surface area contributed by atoms with Gasteiger partial charge in [-0.15, -0.1) is 0 Å². The molecule has 0 saturated carbocycles. The van der Waals surface area contributed by atoms with E-state index in [0.29, 0.717) is 19.0 Å². The molecule has 8 heteroatoms. The highest BCUT2D eigenvalue weighted by atomic mass is 35.5. The van der Waals surface area contributed by atoms with E-state index < -0.39 is 16.0 Å². The lowest BCUT2D eigenvalue weighted by molar-refractivity contribution is 0.0726. The van der Waals surface area contributed by atoms with Gasteiger partial charge in [0.05, 0.1) is 23.8 Å². The maximum absolute atomic E-state index is 12.9. The van der Waals surface area contributed by atoms with Crippen LogP contribution in [0.1, 0.15) is 21.5 Å². The largest absolute Gasteiger partial charge is 0.423 e. The number of morpholine rings is 1. The number of benzene rings is 2. The molecule has 0 spiro atoms. The lowest BCUT2D eigenvalue weighted by Gasteiger charge is -2.26. The molecule has 1 aliphatic heterocycles. The minimum absolute atomic E-state index is 0.0598. The van der Waals surface area contributed by atoms with E-state index in [1.807, 2.05) is 26.0 Å². The fourth-order valence-corrected chi connectivity index (χ4v) is 4.74. The van der Waals surface area contributed by atoms with E-state index in [1.165, 1.54) is 22.5 Å². The standard InChI is InChI=1S/C19H20ClNO5S/c1-13-3-6-17(14(2)11-13)26-19(22)15-4-5-16(20)18(12-15)27(23,24)21-7-9-25-10-8-21/h3-6,11-12H,7-10H2,1-2H3. The Labute approximate surface area is 163 Å². The SMILES string of the molecule is Cc1ccc(OC(=O)c2ccc(Cl)c(S(=O)(=O)N3CCOCC3)c2)c(C)c1. The number of carbonyl (C=O) groups excluding carboxylic acids is 1. The number of carbonyl (C=O) groups is 1. The molecule has 0 aromatic heterocycles.